The Balaban J connectivity index is 1.71. The fourth-order valence-corrected chi connectivity index (χ4v) is 3.88. The van der Waals surface area contributed by atoms with Crippen molar-refractivity contribution in [1.29, 1.82) is 0 Å². The molecule has 0 saturated carbocycles. The summed E-state index contributed by atoms with van der Waals surface area (Å²) in [5, 5.41) is 6.55. The molecule has 0 aliphatic rings. The predicted molar refractivity (Wildman–Crippen MR) is 83.8 cm³/mol. The van der Waals surface area contributed by atoms with E-state index >= 15 is 0 Å². The van der Waals surface area contributed by atoms with Gasteiger partial charge in [-0.05, 0) is 38.0 Å². The molecule has 0 atom stereocenters. The van der Waals surface area contributed by atoms with Crippen LogP contribution in [0.5, 0.6) is 0 Å². The van der Waals surface area contributed by atoms with Crippen LogP contribution in [0.2, 0.25) is 0 Å². The van der Waals surface area contributed by atoms with Gasteiger partial charge in [0.2, 0.25) is 10.0 Å². The van der Waals surface area contributed by atoms with Crippen LogP contribution >= 0.6 is 0 Å². The number of sulfonamides is 1. The number of fused-ring (bicyclic) bond motifs is 1. The lowest BCUT2D eigenvalue weighted by Gasteiger charge is -2.07. The van der Waals surface area contributed by atoms with E-state index in [0.717, 1.165) is 5.56 Å². The lowest BCUT2D eigenvalue weighted by atomic mass is 10.1. The molecular weight excluding hydrogens is 320 g/mol. The molecule has 122 valence electrons. The molecule has 0 aliphatic heterocycles. The summed E-state index contributed by atoms with van der Waals surface area (Å²) in [5.74, 6) is -0.510. The number of oxazole rings is 1. The molecule has 0 fully saturated rings. The number of hydrogen-bond acceptors (Lipinski definition) is 5. The van der Waals surface area contributed by atoms with Crippen molar-refractivity contribution in [2.75, 3.05) is 6.54 Å². The van der Waals surface area contributed by atoms with Crippen LogP contribution in [-0.2, 0) is 16.4 Å². The van der Waals surface area contributed by atoms with Gasteiger partial charge in [-0.3, -0.25) is 10.1 Å². The van der Waals surface area contributed by atoms with Crippen molar-refractivity contribution >= 4 is 21.1 Å². The summed E-state index contributed by atoms with van der Waals surface area (Å²) in [6, 6.07) is 5.26. The molecule has 3 rings (SSSR count). The summed E-state index contributed by atoms with van der Waals surface area (Å²) in [4.78, 5) is 13.9. The highest BCUT2D eigenvalue weighted by Gasteiger charge is 2.21. The molecule has 2 heterocycles. The molecule has 0 aliphatic carbocycles. The monoisotopic (exact) mass is 336 g/mol. The minimum atomic E-state index is -3.61. The Morgan fingerprint density at radius 1 is 1.30 bits per heavy atom. The number of aryl methyl sites for hydroxylation is 2. The van der Waals surface area contributed by atoms with Crippen molar-refractivity contribution in [1.82, 2.24) is 19.9 Å². The quantitative estimate of drug-likeness (QED) is 0.641. The fraction of sp³-hybridized carbons (Fsp3) is 0.286. The Morgan fingerprint density at radius 2 is 2.09 bits per heavy atom. The molecule has 0 unspecified atom stereocenters. The van der Waals surface area contributed by atoms with Crippen molar-refractivity contribution in [2.45, 2.75) is 25.2 Å². The topological polar surface area (TPSA) is 121 Å². The molecule has 2 aromatic heterocycles. The number of aromatic amines is 2. The molecule has 8 nitrogen and oxygen atoms in total. The van der Waals surface area contributed by atoms with Gasteiger partial charge in [0, 0.05) is 6.54 Å². The lowest BCUT2D eigenvalue weighted by molar-refractivity contribution is 0.555. The molecule has 23 heavy (non-hydrogen) atoms. The number of nitrogens with one attached hydrogen (secondary N) is 3. The Morgan fingerprint density at radius 3 is 2.78 bits per heavy atom. The van der Waals surface area contributed by atoms with Gasteiger partial charge in [-0.25, -0.2) is 17.9 Å². The molecule has 0 saturated heterocycles. The molecule has 0 radical (unpaired) electrons. The van der Waals surface area contributed by atoms with E-state index in [4.69, 9.17) is 4.42 Å². The van der Waals surface area contributed by atoms with Crippen LogP contribution in [-0.4, -0.2) is 30.1 Å². The third-order valence-corrected chi connectivity index (χ3v) is 5.24. The number of nitrogens with zero attached hydrogens (tertiary/aromatic N) is 1. The maximum absolute atomic E-state index is 12.3. The summed E-state index contributed by atoms with van der Waals surface area (Å²) in [6.45, 7) is 3.53. The van der Waals surface area contributed by atoms with Gasteiger partial charge in [0.05, 0.1) is 16.9 Å². The summed E-state index contributed by atoms with van der Waals surface area (Å²) in [5.41, 5.74) is 2.88. The minimum absolute atomic E-state index is 0.185. The number of H-pyrrole nitrogens is 2. The van der Waals surface area contributed by atoms with E-state index in [1.807, 2.05) is 6.07 Å². The summed E-state index contributed by atoms with van der Waals surface area (Å²) >= 11 is 0. The van der Waals surface area contributed by atoms with Crippen LogP contribution in [0.3, 0.4) is 0 Å². The van der Waals surface area contributed by atoms with E-state index in [1.165, 1.54) is 0 Å². The van der Waals surface area contributed by atoms with Crippen LogP contribution in [0.15, 0.2) is 32.3 Å². The first-order valence-electron chi connectivity index (χ1n) is 7.00. The first kappa shape index (κ1) is 15.5. The minimum Gasteiger partial charge on any atom is -0.408 e. The van der Waals surface area contributed by atoms with Gasteiger partial charge in [0.1, 0.15) is 4.90 Å². The highest BCUT2D eigenvalue weighted by Crippen LogP contribution is 2.16. The first-order valence-corrected chi connectivity index (χ1v) is 8.48. The van der Waals surface area contributed by atoms with Gasteiger partial charge < -0.3 is 4.42 Å². The van der Waals surface area contributed by atoms with Crippen molar-refractivity contribution in [3.63, 3.8) is 0 Å². The SMILES string of the molecule is Cc1n[nH]c(C)c1S(=O)(=O)NCCc1ccc2[nH]c(=O)oc2c1. The van der Waals surface area contributed by atoms with Crippen molar-refractivity contribution in [2.24, 2.45) is 0 Å². The Kier molecular flexibility index (Phi) is 3.82. The van der Waals surface area contributed by atoms with E-state index in [0.29, 0.717) is 28.9 Å². The van der Waals surface area contributed by atoms with Gasteiger partial charge in [0.15, 0.2) is 5.58 Å². The van der Waals surface area contributed by atoms with Crippen molar-refractivity contribution in [3.05, 3.63) is 45.7 Å². The average Bonchev–Trinajstić information content (AvgIpc) is 3.00. The summed E-state index contributed by atoms with van der Waals surface area (Å²) in [6.07, 6.45) is 0.472. The van der Waals surface area contributed by atoms with Gasteiger partial charge in [-0.1, -0.05) is 6.07 Å². The number of rotatable bonds is 5. The largest absolute Gasteiger partial charge is 0.417 e. The highest BCUT2D eigenvalue weighted by atomic mass is 32.2. The Hall–Kier alpha value is -2.39. The molecule has 9 heteroatoms. The zero-order chi connectivity index (χ0) is 16.6. The number of aromatic nitrogens is 3. The van der Waals surface area contributed by atoms with Gasteiger partial charge >= 0.3 is 5.76 Å². The lowest BCUT2D eigenvalue weighted by Crippen LogP contribution is -2.26. The molecule has 0 bridgehead atoms. The summed E-state index contributed by atoms with van der Waals surface area (Å²) in [7, 11) is -3.61. The Labute approximate surface area is 132 Å². The predicted octanol–water partition coefficient (Wildman–Crippen LogP) is 0.982. The average molecular weight is 336 g/mol. The normalized spacial score (nSPS) is 12.1. The molecular formula is C14H16N4O4S. The van der Waals surface area contributed by atoms with E-state index in [1.54, 1.807) is 26.0 Å². The van der Waals surface area contributed by atoms with Crippen LogP contribution in [0.25, 0.3) is 11.1 Å². The van der Waals surface area contributed by atoms with E-state index in [-0.39, 0.29) is 11.4 Å². The number of hydrogen-bond donors (Lipinski definition) is 3. The van der Waals surface area contributed by atoms with Crippen molar-refractivity contribution in [3.8, 4) is 0 Å². The van der Waals surface area contributed by atoms with E-state index in [9.17, 15) is 13.2 Å². The van der Waals surface area contributed by atoms with Crippen LogP contribution in [0.4, 0.5) is 0 Å². The van der Waals surface area contributed by atoms with Crippen LogP contribution in [0.1, 0.15) is 17.0 Å². The van der Waals surface area contributed by atoms with Gasteiger partial charge in [0.25, 0.3) is 0 Å². The zero-order valence-corrected chi connectivity index (χ0v) is 13.5. The van der Waals surface area contributed by atoms with Gasteiger partial charge in [-0.15, -0.1) is 0 Å². The summed E-state index contributed by atoms with van der Waals surface area (Å²) < 4.78 is 32.2. The third-order valence-electron chi connectivity index (χ3n) is 3.52. The standard InChI is InChI=1S/C14H16N4O4S/c1-8-13(9(2)18-17-8)23(20,21)15-6-5-10-3-4-11-12(7-10)22-14(19)16-11/h3-4,7,15H,5-6H2,1-2H3,(H,16,19)(H,17,18). The Bertz CT molecular complexity index is 993. The maximum atomic E-state index is 12.3. The third kappa shape index (κ3) is 3.06. The highest BCUT2D eigenvalue weighted by molar-refractivity contribution is 7.89. The van der Waals surface area contributed by atoms with E-state index in [2.05, 4.69) is 19.9 Å². The van der Waals surface area contributed by atoms with Crippen LogP contribution in [0, 0.1) is 13.8 Å². The molecule has 1 aromatic carbocycles. The fourth-order valence-electron chi connectivity index (χ4n) is 2.48. The van der Waals surface area contributed by atoms with Gasteiger partial charge in [-0.2, -0.15) is 5.10 Å². The van der Waals surface area contributed by atoms with Crippen molar-refractivity contribution < 1.29 is 12.8 Å². The molecule has 0 spiro atoms. The second-order valence-corrected chi connectivity index (χ2v) is 6.96. The first-order chi connectivity index (χ1) is 10.9. The van der Waals surface area contributed by atoms with E-state index < -0.39 is 15.8 Å². The van der Waals surface area contributed by atoms with Crippen LogP contribution < -0.4 is 10.5 Å². The smallest absolute Gasteiger partial charge is 0.408 e. The number of benzene rings is 1. The second-order valence-electron chi connectivity index (χ2n) is 5.26. The second kappa shape index (κ2) is 5.67. The molecule has 3 aromatic rings. The zero-order valence-electron chi connectivity index (χ0n) is 12.6. The molecule has 3 N–H and O–H groups in total. The maximum Gasteiger partial charge on any atom is 0.417 e. The molecule has 0 amide bonds.